The first-order valence-corrected chi connectivity index (χ1v) is 5.70. The third-order valence-electron chi connectivity index (χ3n) is 3.16. The van der Waals surface area contributed by atoms with Crippen LogP contribution in [0.5, 0.6) is 0 Å². The maximum absolute atomic E-state index is 12.1. The lowest BCUT2D eigenvalue weighted by atomic mass is 10.3. The highest BCUT2D eigenvalue weighted by Gasteiger charge is 2.24. The summed E-state index contributed by atoms with van der Waals surface area (Å²) in [6, 6.07) is 0.226. The lowest BCUT2D eigenvalue weighted by Gasteiger charge is -2.37. The predicted octanol–water partition coefficient (Wildman–Crippen LogP) is 0.103. The Morgan fingerprint density at radius 1 is 0.882 bits per heavy atom. The van der Waals surface area contributed by atoms with E-state index in [0.29, 0.717) is 0 Å². The molecule has 2 aliphatic heterocycles. The molecule has 2 rings (SSSR count). The smallest absolute Gasteiger partial charge is 0.320 e. The molecule has 0 atom stereocenters. The summed E-state index contributed by atoms with van der Waals surface area (Å²) in [6.07, 6.45) is 0. The highest BCUT2D eigenvalue weighted by Crippen LogP contribution is 2.05. The summed E-state index contributed by atoms with van der Waals surface area (Å²) in [5.41, 5.74) is 0. The van der Waals surface area contributed by atoms with Gasteiger partial charge in [0.25, 0.3) is 0 Å². The SMILES string of the molecule is CN1CCN(C(=O)N2CCNCC2)CC1.Cl.Cl. The average Bonchev–Trinajstić information content (AvgIpc) is 2.30. The number of hydrogen-bond acceptors (Lipinski definition) is 3. The Hall–Kier alpha value is -0.230. The summed E-state index contributed by atoms with van der Waals surface area (Å²) in [7, 11) is 2.10. The Morgan fingerprint density at radius 2 is 1.35 bits per heavy atom. The van der Waals surface area contributed by atoms with Crippen molar-refractivity contribution < 1.29 is 4.79 Å². The third-order valence-corrected chi connectivity index (χ3v) is 3.16. The van der Waals surface area contributed by atoms with E-state index in [4.69, 9.17) is 0 Å². The maximum Gasteiger partial charge on any atom is 0.320 e. The van der Waals surface area contributed by atoms with Crippen molar-refractivity contribution in [2.75, 3.05) is 59.4 Å². The number of likely N-dealkylation sites (N-methyl/N-ethyl adjacent to an activating group) is 1. The van der Waals surface area contributed by atoms with Crippen molar-refractivity contribution >= 4 is 30.8 Å². The second-order valence-corrected chi connectivity index (χ2v) is 4.31. The Morgan fingerprint density at radius 3 is 1.88 bits per heavy atom. The van der Waals surface area contributed by atoms with Crippen molar-refractivity contribution in [1.29, 1.82) is 0 Å². The van der Waals surface area contributed by atoms with Gasteiger partial charge in [0.15, 0.2) is 0 Å². The van der Waals surface area contributed by atoms with E-state index in [-0.39, 0.29) is 30.8 Å². The number of rotatable bonds is 0. The Labute approximate surface area is 115 Å². The molecule has 0 aromatic heterocycles. The molecular weight excluding hydrogens is 263 g/mol. The van der Waals surface area contributed by atoms with Gasteiger partial charge in [-0.1, -0.05) is 0 Å². The lowest BCUT2D eigenvalue weighted by molar-refractivity contribution is 0.118. The van der Waals surface area contributed by atoms with Crippen LogP contribution in [-0.4, -0.2) is 80.1 Å². The first-order valence-electron chi connectivity index (χ1n) is 5.70. The Kier molecular flexibility index (Phi) is 7.87. The number of nitrogens with one attached hydrogen (secondary N) is 1. The van der Waals surface area contributed by atoms with E-state index in [0.717, 1.165) is 52.4 Å². The van der Waals surface area contributed by atoms with Crippen LogP contribution in [0.4, 0.5) is 4.79 Å². The minimum Gasteiger partial charge on any atom is -0.322 e. The molecule has 2 amide bonds. The van der Waals surface area contributed by atoms with Crippen LogP contribution in [0.1, 0.15) is 0 Å². The molecule has 0 radical (unpaired) electrons. The normalized spacial score (nSPS) is 21.5. The fourth-order valence-electron chi connectivity index (χ4n) is 2.05. The van der Waals surface area contributed by atoms with Crippen molar-refractivity contribution in [2.24, 2.45) is 0 Å². The van der Waals surface area contributed by atoms with Gasteiger partial charge in [-0.3, -0.25) is 0 Å². The highest BCUT2D eigenvalue weighted by molar-refractivity contribution is 5.85. The average molecular weight is 285 g/mol. The van der Waals surface area contributed by atoms with E-state index in [1.165, 1.54) is 0 Å². The Bertz CT molecular complexity index is 228. The van der Waals surface area contributed by atoms with Crippen LogP contribution in [0.15, 0.2) is 0 Å². The van der Waals surface area contributed by atoms with Crippen molar-refractivity contribution in [2.45, 2.75) is 0 Å². The molecule has 2 saturated heterocycles. The number of nitrogens with zero attached hydrogens (tertiary/aromatic N) is 3. The molecule has 102 valence electrons. The molecule has 2 heterocycles. The van der Waals surface area contributed by atoms with Crippen LogP contribution in [0.2, 0.25) is 0 Å². The lowest BCUT2D eigenvalue weighted by Crippen LogP contribution is -2.55. The fraction of sp³-hybridized carbons (Fsp3) is 0.900. The van der Waals surface area contributed by atoms with Gasteiger partial charge in [0, 0.05) is 52.4 Å². The van der Waals surface area contributed by atoms with E-state index < -0.39 is 0 Å². The highest BCUT2D eigenvalue weighted by atomic mass is 35.5. The molecule has 17 heavy (non-hydrogen) atoms. The second kappa shape index (κ2) is 7.97. The largest absolute Gasteiger partial charge is 0.322 e. The number of urea groups is 1. The van der Waals surface area contributed by atoms with Crippen molar-refractivity contribution in [3.8, 4) is 0 Å². The molecule has 5 nitrogen and oxygen atoms in total. The van der Waals surface area contributed by atoms with Crippen LogP contribution in [0.25, 0.3) is 0 Å². The fourth-order valence-corrected chi connectivity index (χ4v) is 2.05. The molecule has 2 aliphatic rings. The zero-order chi connectivity index (χ0) is 10.7. The summed E-state index contributed by atoms with van der Waals surface area (Å²) < 4.78 is 0. The molecule has 0 unspecified atom stereocenters. The molecule has 0 spiro atoms. The summed E-state index contributed by atoms with van der Waals surface area (Å²) in [6.45, 7) is 7.31. The molecular formula is C10H22Cl2N4O. The summed E-state index contributed by atoms with van der Waals surface area (Å²) >= 11 is 0. The minimum absolute atomic E-state index is 0. The first kappa shape index (κ1) is 16.8. The monoisotopic (exact) mass is 284 g/mol. The van der Waals surface area contributed by atoms with Gasteiger partial charge in [-0.15, -0.1) is 24.8 Å². The predicted molar refractivity (Wildman–Crippen MR) is 73.4 cm³/mol. The van der Waals surface area contributed by atoms with E-state index in [1.54, 1.807) is 0 Å². The van der Waals surface area contributed by atoms with Crippen LogP contribution >= 0.6 is 24.8 Å². The summed E-state index contributed by atoms with van der Waals surface area (Å²) in [5.74, 6) is 0. The van der Waals surface area contributed by atoms with Gasteiger partial charge in [0.05, 0.1) is 0 Å². The Balaban J connectivity index is 0.00000128. The summed E-state index contributed by atoms with van der Waals surface area (Å²) in [5, 5.41) is 3.26. The quantitative estimate of drug-likeness (QED) is 0.686. The molecule has 2 fully saturated rings. The van der Waals surface area contributed by atoms with Crippen LogP contribution < -0.4 is 5.32 Å². The molecule has 0 aromatic carbocycles. The second-order valence-electron chi connectivity index (χ2n) is 4.31. The number of halogens is 2. The van der Waals surface area contributed by atoms with Crippen molar-refractivity contribution in [1.82, 2.24) is 20.0 Å². The topological polar surface area (TPSA) is 38.8 Å². The van der Waals surface area contributed by atoms with Gasteiger partial charge in [-0.25, -0.2) is 4.79 Å². The van der Waals surface area contributed by atoms with Gasteiger partial charge in [0.1, 0.15) is 0 Å². The van der Waals surface area contributed by atoms with Gasteiger partial charge in [-0.2, -0.15) is 0 Å². The third kappa shape index (κ3) is 4.50. The minimum atomic E-state index is 0. The van der Waals surface area contributed by atoms with Crippen molar-refractivity contribution in [3.05, 3.63) is 0 Å². The maximum atomic E-state index is 12.1. The van der Waals surface area contributed by atoms with Crippen molar-refractivity contribution in [3.63, 3.8) is 0 Å². The molecule has 0 bridgehead atoms. The van der Waals surface area contributed by atoms with E-state index in [1.807, 2.05) is 9.80 Å². The van der Waals surface area contributed by atoms with Gasteiger partial charge in [0.2, 0.25) is 0 Å². The molecule has 0 aliphatic carbocycles. The van der Waals surface area contributed by atoms with E-state index in [9.17, 15) is 4.79 Å². The van der Waals surface area contributed by atoms with Gasteiger partial charge in [-0.05, 0) is 7.05 Å². The van der Waals surface area contributed by atoms with Gasteiger partial charge >= 0.3 is 6.03 Å². The zero-order valence-corrected chi connectivity index (χ0v) is 11.9. The van der Waals surface area contributed by atoms with Crippen LogP contribution in [-0.2, 0) is 0 Å². The van der Waals surface area contributed by atoms with E-state index >= 15 is 0 Å². The zero-order valence-electron chi connectivity index (χ0n) is 10.2. The molecule has 0 saturated carbocycles. The van der Waals surface area contributed by atoms with Gasteiger partial charge < -0.3 is 20.0 Å². The van der Waals surface area contributed by atoms with Crippen LogP contribution in [0, 0.1) is 0 Å². The molecule has 7 heteroatoms. The molecule has 1 N–H and O–H groups in total. The number of carbonyl (C=O) groups is 1. The first-order chi connectivity index (χ1) is 7.27. The number of amides is 2. The summed E-state index contributed by atoms with van der Waals surface area (Å²) in [4.78, 5) is 18.3. The number of hydrogen-bond donors (Lipinski definition) is 1. The standard InChI is InChI=1S/C10H20N4O.2ClH/c1-12-6-8-14(9-7-12)10(15)13-4-2-11-3-5-13;;/h11H,2-9H2,1H3;2*1H. The molecule has 0 aromatic rings. The van der Waals surface area contributed by atoms with E-state index in [2.05, 4.69) is 17.3 Å². The number of piperazine rings is 2. The number of carbonyl (C=O) groups excluding carboxylic acids is 1. The van der Waals surface area contributed by atoms with Crippen LogP contribution in [0.3, 0.4) is 0 Å².